The van der Waals surface area contributed by atoms with Gasteiger partial charge in [-0.3, -0.25) is 10.1 Å². The van der Waals surface area contributed by atoms with Gasteiger partial charge in [-0.2, -0.15) is 0 Å². The topological polar surface area (TPSA) is 161 Å². The fourth-order valence-electron chi connectivity index (χ4n) is 11.8. The van der Waals surface area contributed by atoms with Crippen molar-refractivity contribution in [3.63, 3.8) is 0 Å². The Morgan fingerprint density at radius 1 is 1.14 bits per heavy atom. The zero-order chi connectivity index (χ0) is 46.5. The van der Waals surface area contributed by atoms with Crippen LogP contribution in [0.1, 0.15) is 109 Å². The quantitative estimate of drug-likeness (QED) is 0.0220. The van der Waals surface area contributed by atoms with Gasteiger partial charge < -0.3 is 40.3 Å². The van der Waals surface area contributed by atoms with Crippen LogP contribution in [0.3, 0.4) is 0 Å². The van der Waals surface area contributed by atoms with Crippen molar-refractivity contribution in [1.82, 2.24) is 10.6 Å². The highest BCUT2D eigenvalue weighted by atomic mass is 16.5. The fraction of sp³-hybridized carbons (Fsp3) is 0.648. The second-order valence-electron chi connectivity index (χ2n) is 19.8. The van der Waals surface area contributed by atoms with Crippen LogP contribution >= 0.6 is 0 Å². The number of fused-ring (bicyclic) bond motifs is 5. The third-order valence-corrected chi connectivity index (χ3v) is 15.4. The molecule has 7 N–H and O–H groups in total. The van der Waals surface area contributed by atoms with E-state index in [-0.39, 0.29) is 61.1 Å². The van der Waals surface area contributed by atoms with E-state index in [4.69, 9.17) is 9.47 Å². The number of nitrogens with one attached hydrogen (secondary N) is 2. The molecular formula is C54H82N2O8. The monoisotopic (exact) mass is 887 g/mol. The van der Waals surface area contributed by atoms with Gasteiger partial charge in [-0.15, -0.1) is 0 Å². The van der Waals surface area contributed by atoms with Crippen LogP contribution in [0.2, 0.25) is 0 Å². The maximum atomic E-state index is 13.1. The van der Waals surface area contributed by atoms with Gasteiger partial charge in [0, 0.05) is 43.1 Å². The van der Waals surface area contributed by atoms with Crippen LogP contribution in [0, 0.1) is 35.0 Å². The number of rotatable bonds is 21. The van der Waals surface area contributed by atoms with E-state index in [2.05, 4.69) is 73.6 Å². The van der Waals surface area contributed by atoms with Gasteiger partial charge in [-0.1, -0.05) is 105 Å². The smallest absolute Gasteiger partial charge is 0.145 e. The first-order valence-electron chi connectivity index (χ1n) is 24.2. The normalized spacial score (nSPS) is 33.5. The van der Waals surface area contributed by atoms with Crippen molar-refractivity contribution in [2.24, 2.45) is 35.0 Å². The molecule has 11 atom stereocenters. The van der Waals surface area contributed by atoms with Gasteiger partial charge in [0.1, 0.15) is 12.5 Å². The molecule has 1 aliphatic heterocycles. The molecule has 356 valence electrons. The Morgan fingerprint density at radius 3 is 2.62 bits per heavy atom. The van der Waals surface area contributed by atoms with Gasteiger partial charge in [-0.05, 0) is 144 Å². The van der Waals surface area contributed by atoms with Gasteiger partial charge in [0.15, 0.2) is 0 Å². The largest absolute Gasteiger partial charge is 0.396 e. The summed E-state index contributed by atoms with van der Waals surface area (Å²) in [5, 5.41) is 64.9. The Kier molecular flexibility index (Phi) is 19.6. The Balaban J connectivity index is 1.52. The molecule has 1 heterocycles. The molecule has 0 saturated heterocycles. The lowest BCUT2D eigenvalue weighted by atomic mass is 9.45. The third-order valence-electron chi connectivity index (χ3n) is 15.4. The van der Waals surface area contributed by atoms with Crippen LogP contribution in [-0.2, 0) is 27.1 Å². The van der Waals surface area contributed by atoms with E-state index in [0.717, 1.165) is 73.5 Å². The molecule has 5 rings (SSSR count). The van der Waals surface area contributed by atoms with E-state index in [1.54, 1.807) is 7.11 Å². The van der Waals surface area contributed by atoms with Gasteiger partial charge >= 0.3 is 0 Å². The molecule has 11 unspecified atom stereocenters. The van der Waals surface area contributed by atoms with E-state index in [1.807, 2.05) is 39.1 Å². The third kappa shape index (κ3) is 12.1. The molecule has 1 aromatic rings. The number of unbranched alkanes of at least 4 members (excludes halogenated alkanes) is 2. The summed E-state index contributed by atoms with van der Waals surface area (Å²) in [6.45, 7) is 13.9. The average molecular weight is 887 g/mol. The molecule has 2 saturated carbocycles. The summed E-state index contributed by atoms with van der Waals surface area (Å²) in [7, 11) is 3.58. The number of carbonyl (C=O) groups is 1. The Morgan fingerprint density at radius 2 is 1.92 bits per heavy atom. The average Bonchev–Trinajstić information content (AvgIpc) is 3.62. The van der Waals surface area contributed by atoms with Crippen molar-refractivity contribution in [1.29, 1.82) is 0 Å². The summed E-state index contributed by atoms with van der Waals surface area (Å²) in [6.07, 6.45) is 20.4. The fourth-order valence-corrected chi connectivity index (χ4v) is 11.8. The van der Waals surface area contributed by atoms with Crippen LogP contribution in [0.25, 0.3) is 0 Å². The lowest BCUT2D eigenvalue weighted by Gasteiger charge is -2.61. The van der Waals surface area contributed by atoms with Crippen molar-refractivity contribution in [2.45, 2.75) is 141 Å². The lowest BCUT2D eigenvalue weighted by Crippen LogP contribution is -2.65. The van der Waals surface area contributed by atoms with Gasteiger partial charge in [0.2, 0.25) is 0 Å². The molecule has 4 bridgehead atoms. The first-order valence-corrected chi connectivity index (χ1v) is 24.2. The first kappa shape index (κ1) is 51.9. The highest BCUT2D eigenvalue weighted by Crippen LogP contribution is 2.67. The number of methoxy groups -OCH3 is 1. The summed E-state index contributed by atoms with van der Waals surface area (Å²) in [4.78, 5) is 12.5. The van der Waals surface area contributed by atoms with Crippen molar-refractivity contribution < 1.29 is 39.8 Å². The predicted molar refractivity (Wildman–Crippen MR) is 256 cm³/mol. The van der Waals surface area contributed by atoms with Gasteiger partial charge in [0.25, 0.3) is 0 Å². The van der Waals surface area contributed by atoms with Crippen LogP contribution in [-0.4, -0.2) is 109 Å². The van der Waals surface area contributed by atoms with Gasteiger partial charge in [0.05, 0.1) is 31.0 Å². The number of aliphatic hydroxyl groups excluding tert-OH is 4. The van der Waals surface area contributed by atoms with E-state index >= 15 is 0 Å². The predicted octanol–water partition coefficient (Wildman–Crippen LogP) is 7.26. The van der Waals surface area contributed by atoms with E-state index < -0.39 is 23.3 Å². The number of benzene rings is 1. The van der Waals surface area contributed by atoms with E-state index in [1.165, 1.54) is 11.1 Å². The van der Waals surface area contributed by atoms with Crippen LogP contribution in [0.15, 0.2) is 95.2 Å². The van der Waals surface area contributed by atoms with E-state index in [9.17, 15) is 30.3 Å². The van der Waals surface area contributed by atoms with Crippen molar-refractivity contribution in [3.8, 4) is 0 Å². The maximum Gasteiger partial charge on any atom is 0.145 e. The SMILES string of the molecule is C=C(C=CC=C(COC(CO)CCCCC)C1CCC2(C1O)C1C(=C(C)C=O)C(C=CC1CCO)CC2(O)CCNC)C1CC=C(C)C(O)NC(C)(CCOC)Cc2cccc(c2)C1. The molecule has 1 aromatic carbocycles. The Labute approximate surface area is 384 Å². The minimum Gasteiger partial charge on any atom is -0.396 e. The molecule has 0 amide bonds. The van der Waals surface area contributed by atoms with Crippen LogP contribution < -0.4 is 10.6 Å². The number of carbonyl (C=O) groups excluding carboxylic acids is 1. The summed E-state index contributed by atoms with van der Waals surface area (Å²) >= 11 is 0. The molecule has 3 aliphatic carbocycles. The first-order chi connectivity index (χ1) is 30.7. The minimum atomic E-state index is -1.25. The van der Waals surface area contributed by atoms with Crippen LogP contribution in [0.4, 0.5) is 0 Å². The number of aliphatic hydroxyl groups is 5. The van der Waals surface area contributed by atoms with E-state index in [0.29, 0.717) is 57.2 Å². The number of hydrogen-bond acceptors (Lipinski definition) is 10. The molecule has 0 radical (unpaired) electrons. The molecular weight excluding hydrogens is 805 g/mol. The molecule has 0 aromatic heterocycles. The summed E-state index contributed by atoms with van der Waals surface area (Å²) in [6, 6.07) is 8.69. The Bertz CT molecular complexity index is 1850. The number of ether oxygens (including phenoxy) is 2. The van der Waals surface area contributed by atoms with Crippen molar-refractivity contribution in [3.05, 3.63) is 106 Å². The number of hydrogen-bond donors (Lipinski definition) is 7. The minimum absolute atomic E-state index is 0.0457. The zero-order valence-corrected chi connectivity index (χ0v) is 39.9. The summed E-state index contributed by atoms with van der Waals surface area (Å²) in [5.74, 6) is -0.961. The van der Waals surface area contributed by atoms with Crippen molar-refractivity contribution in [2.75, 3.05) is 47.1 Å². The second kappa shape index (κ2) is 24.1. The highest BCUT2D eigenvalue weighted by molar-refractivity contribution is 5.74. The molecule has 10 nitrogen and oxygen atoms in total. The molecule has 1 spiro atoms. The zero-order valence-electron chi connectivity index (χ0n) is 39.9. The number of allylic oxidation sites excluding steroid dienone is 9. The highest BCUT2D eigenvalue weighted by Gasteiger charge is 2.68. The van der Waals surface area contributed by atoms with Crippen LogP contribution in [0.5, 0.6) is 0 Å². The van der Waals surface area contributed by atoms with Crippen molar-refractivity contribution >= 4 is 6.29 Å². The molecule has 10 heteroatoms. The number of aldehydes is 1. The molecule has 4 aliphatic rings. The lowest BCUT2D eigenvalue weighted by molar-refractivity contribution is -0.194. The summed E-state index contributed by atoms with van der Waals surface area (Å²) in [5.41, 5.74) is 4.09. The molecule has 2 fully saturated rings. The second-order valence-corrected chi connectivity index (χ2v) is 19.8. The van der Waals surface area contributed by atoms with Gasteiger partial charge in [-0.25, -0.2) is 0 Å². The standard InChI is InChI=1S/C54H82N2O8/c1-8-9-10-17-46(35-59)64-36-45(16-11-13-37(2)43-19-18-38(3)51(61)56-52(5,26-29-63-7)32-41-15-12-14-40(30-41)31-43)47-22-24-54(50(47)60)49-42(23-28-57)20-21-44(48(49)39(4)34-58)33-53(54,62)25-27-55-6/h11-16,18,20-21,30,34,42-44,46-47,49-51,55-57,59-62H,2,8-10,17,19,22-29,31-33,35-36H2,1,3-7H3. The molecule has 64 heavy (non-hydrogen) atoms. The maximum absolute atomic E-state index is 13.1. The summed E-state index contributed by atoms with van der Waals surface area (Å²) < 4.78 is 11.9. The Hall–Kier alpha value is -3.03.